The van der Waals surface area contributed by atoms with E-state index in [1.165, 1.54) is 11.1 Å². The van der Waals surface area contributed by atoms with E-state index in [2.05, 4.69) is 43.9 Å². The summed E-state index contributed by atoms with van der Waals surface area (Å²) in [6.07, 6.45) is 2.05. The molecule has 0 aliphatic heterocycles. The van der Waals surface area contributed by atoms with Crippen LogP contribution in [0.5, 0.6) is 0 Å². The quantitative estimate of drug-likeness (QED) is 0.731. The van der Waals surface area contributed by atoms with Crippen LogP contribution in [-0.2, 0) is 0 Å². The minimum absolute atomic E-state index is 0.0433. The molecule has 2 nitrogen and oxygen atoms in total. The predicted molar refractivity (Wildman–Crippen MR) is 76.6 cm³/mol. The fraction of sp³-hybridized carbons (Fsp3) is 0.562. The van der Waals surface area contributed by atoms with Crippen LogP contribution < -0.4 is 0 Å². The third kappa shape index (κ3) is 4.16. The van der Waals surface area contributed by atoms with E-state index >= 15 is 0 Å². The molecule has 0 saturated carbocycles. The lowest BCUT2D eigenvalue weighted by Crippen LogP contribution is -2.24. The molecule has 0 aliphatic carbocycles. The maximum absolute atomic E-state index is 9.32. The Bertz CT molecular complexity index is 388. The molecule has 0 N–H and O–H groups in total. The number of aryl methyl sites for hydroxylation is 1. The number of rotatable bonds is 7. The van der Waals surface area contributed by atoms with Gasteiger partial charge in [-0.2, -0.15) is 5.26 Å². The molecular formula is C16H24N2. The van der Waals surface area contributed by atoms with E-state index in [1.807, 2.05) is 12.1 Å². The summed E-state index contributed by atoms with van der Waals surface area (Å²) in [6.45, 7) is 9.75. The fourth-order valence-corrected chi connectivity index (χ4v) is 2.33. The summed E-state index contributed by atoms with van der Waals surface area (Å²) in [6, 6.07) is 10.7. The van der Waals surface area contributed by atoms with Gasteiger partial charge in [0.15, 0.2) is 0 Å². The predicted octanol–water partition coefficient (Wildman–Crippen LogP) is 3.72. The van der Waals surface area contributed by atoms with E-state index in [1.54, 1.807) is 0 Å². The molecule has 0 heterocycles. The zero-order valence-corrected chi connectivity index (χ0v) is 11.8. The Hall–Kier alpha value is -1.33. The van der Waals surface area contributed by atoms with Crippen molar-refractivity contribution in [3.8, 4) is 6.07 Å². The standard InChI is InChI=1S/C16H24N2/c1-4-18(5-2)12-8-10-15(13-17)16-11-7-6-9-14(16)3/h6-7,9,11,15H,4-5,8,10,12H2,1-3H3. The average molecular weight is 244 g/mol. The molecule has 0 fully saturated rings. The van der Waals surface area contributed by atoms with Crippen LogP contribution in [0.1, 0.15) is 43.7 Å². The second kappa shape index (κ2) is 7.89. The van der Waals surface area contributed by atoms with Gasteiger partial charge in [-0.1, -0.05) is 38.1 Å². The Morgan fingerprint density at radius 1 is 1.22 bits per heavy atom. The molecule has 0 bridgehead atoms. The average Bonchev–Trinajstić information content (AvgIpc) is 2.40. The van der Waals surface area contributed by atoms with E-state index in [0.29, 0.717) is 0 Å². The van der Waals surface area contributed by atoms with Gasteiger partial charge >= 0.3 is 0 Å². The zero-order valence-electron chi connectivity index (χ0n) is 11.8. The highest BCUT2D eigenvalue weighted by atomic mass is 15.1. The van der Waals surface area contributed by atoms with Crippen LogP contribution >= 0.6 is 0 Å². The van der Waals surface area contributed by atoms with Crippen molar-refractivity contribution in [2.75, 3.05) is 19.6 Å². The number of hydrogen-bond acceptors (Lipinski definition) is 2. The molecule has 1 aromatic rings. The van der Waals surface area contributed by atoms with Crippen LogP contribution in [0.25, 0.3) is 0 Å². The Labute approximate surface area is 111 Å². The highest BCUT2D eigenvalue weighted by Gasteiger charge is 2.12. The Kier molecular flexibility index (Phi) is 6.46. The molecule has 0 spiro atoms. The lowest BCUT2D eigenvalue weighted by atomic mass is 9.92. The van der Waals surface area contributed by atoms with Crippen LogP contribution in [0, 0.1) is 18.3 Å². The lowest BCUT2D eigenvalue weighted by Gasteiger charge is -2.19. The molecule has 18 heavy (non-hydrogen) atoms. The normalized spacial score (nSPS) is 12.4. The Morgan fingerprint density at radius 2 is 1.89 bits per heavy atom. The van der Waals surface area contributed by atoms with Crippen molar-refractivity contribution in [2.45, 2.75) is 39.5 Å². The smallest absolute Gasteiger partial charge is 0.0715 e. The summed E-state index contributed by atoms with van der Waals surface area (Å²) < 4.78 is 0. The van der Waals surface area contributed by atoms with Gasteiger partial charge in [0.1, 0.15) is 0 Å². The molecule has 98 valence electrons. The van der Waals surface area contributed by atoms with Crippen LogP contribution in [-0.4, -0.2) is 24.5 Å². The molecule has 0 amide bonds. The Morgan fingerprint density at radius 3 is 2.44 bits per heavy atom. The largest absolute Gasteiger partial charge is 0.304 e. The topological polar surface area (TPSA) is 27.0 Å². The van der Waals surface area contributed by atoms with Crippen molar-refractivity contribution < 1.29 is 0 Å². The molecule has 0 aliphatic rings. The van der Waals surface area contributed by atoms with Crippen molar-refractivity contribution >= 4 is 0 Å². The maximum atomic E-state index is 9.32. The molecule has 0 aromatic heterocycles. The fourth-order valence-electron chi connectivity index (χ4n) is 2.33. The third-order valence-electron chi connectivity index (χ3n) is 3.58. The van der Waals surface area contributed by atoms with Gasteiger partial charge < -0.3 is 4.90 Å². The van der Waals surface area contributed by atoms with Crippen molar-refractivity contribution in [3.63, 3.8) is 0 Å². The van der Waals surface area contributed by atoms with Crippen molar-refractivity contribution in [1.82, 2.24) is 4.90 Å². The minimum Gasteiger partial charge on any atom is -0.304 e. The van der Waals surface area contributed by atoms with E-state index in [0.717, 1.165) is 32.5 Å². The summed E-state index contributed by atoms with van der Waals surface area (Å²) in [4.78, 5) is 2.41. The van der Waals surface area contributed by atoms with Gasteiger partial charge in [0, 0.05) is 0 Å². The summed E-state index contributed by atoms with van der Waals surface area (Å²) in [7, 11) is 0. The van der Waals surface area contributed by atoms with Gasteiger partial charge in [0.2, 0.25) is 0 Å². The molecule has 0 radical (unpaired) electrons. The number of nitrogens with zero attached hydrogens (tertiary/aromatic N) is 2. The highest BCUT2D eigenvalue weighted by Crippen LogP contribution is 2.23. The van der Waals surface area contributed by atoms with Crippen molar-refractivity contribution in [2.24, 2.45) is 0 Å². The van der Waals surface area contributed by atoms with Crippen molar-refractivity contribution in [1.29, 1.82) is 5.26 Å². The SMILES string of the molecule is CCN(CC)CCCC(C#N)c1ccccc1C. The number of hydrogen-bond donors (Lipinski definition) is 0. The van der Waals surface area contributed by atoms with Crippen molar-refractivity contribution in [3.05, 3.63) is 35.4 Å². The summed E-state index contributed by atoms with van der Waals surface area (Å²) in [5.41, 5.74) is 2.42. The summed E-state index contributed by atoms with van der Waals surface area (Å²) >= 11 is 0. The molecule has 1 atom stereocenters. The van der Waals surface area contributed by atoms with E-state index < -0.39 is 0 Å². The van der Waals surface area contributed by atoms with E-state index in [9.17, 15) is 5.26 Å². The summed E-state index contributed by atoms with van der Waals surface area (Å²) in [5.74, 6) is 0.0433. The molecule has 2 heteroatoms. The van der Waals surface area contributed by atoms with Gasteiger partial charge in [-0.3, -0.25) is 0 Å². The zero-order chi connectivity index (χ0) is 13.4. The van der Waals surface area contributed by atoms with Crippen LogP contribution in [0.2, 0.25) is 0 Å². The Balaban J connectivity index is 2.54. The van der Waals surface area contributed by atoms with Gasteiger partial charge in [0.25, 0.3) is 0 Å². The first kappa shape index (κ1) is 14.7. The van der Waals surface area contributed by atoms with Gasteiger partial charge in [-0.15, -0.1) is 0 Å². The van der Waals surface area contributed by atoms with Gasteiger partial charge in [0.05, 0.1) is 12.0 Å². The first-order valence-electron chi connectivity index (χ1n) is 6.90. The highest BCUT2D eigenvalue weighted by molar-refractivity contribution is 5.32. The molecule has 1 aromatic carbocycles. The van der Waals surface area contributed by atoms with Crippen LogP contribution in [0.3, 0.4) is 0 Å². The van der Waals surface area contributed by atoms with E-state index in [4.69, 9.17) is 0 Å². The van der Waals surface area contributed by atoms with Gasteiger partial charge in [-0.25, -0.2) is 0 Å². The van der Waals surface area contributed by atoms with Crippen LogP contribution in [0.4, 0.5) is 0 Å². The van der Waals surface area contributed by atoms with Crippen LogP contribution in [0.15, 0.2) is 24.3 Å². The molecule has 0 saturated heterocycles. The molecule has 1 rings (SSSR count). The second-order valence-electron chi connectivity index (χ2n) is 4.71. The second-order valence-corrected chi connectivity index (χ2v) is 4.71. The molecular weight excluding hydrogens is 220 g/mol. The summed E-state index contributed by atoms with van der Waals surface area (Å²) in [5, 5.41) is 9.32. The number of nitriles is 1. The monoisotopic (exact) mass is 244 g/mol. The first-order chi connectivity index (χ1) is 8.72. The minimum atomic E-state index is 0.0433. The van der Waals surface area contributed by atoms with E-state index in [-0.39, 0.29) is 5.92 Å². The lowest BCUT2D eigenvalue weighted by molar-refractivity contribution is 0.295. The first-order valence-corrected chi connectivity index (χ1v) is 6.90. The number of benzene rings is 1. The van der Waals surface area contributed by atoms with Gasteiger partial charge in [-0.05, 0) is 50.5 Å². The third-order valence-corrected chi connectivity index (χ3v) is 3.58. The molecule has 1 unspecified atom stereocenters. The maximum Gasteiger partial charge on any atom is 0.0715 e.